The van der Waals surface area contributed by atoms with Crippen LogP contribution in [0, 0.1) is 0 Å². The van der Waals surface area contributed by atoms with Crippen LogP contribution in [-0.2, 0) is 6.42 Å². The second kappa shape index (κ2) is 14.2. The van der Waals surface area contributed by atoms with Crippen LogP contribution in [0.15, 0.2) is 42.0 Å². The zero-order chi connectivity index (χ0) is 33.2. The molecule has 0 unspecified atom stereocenters. The van der Waals surface area contributed by atoms with Gasteiger partial charge in [-0.15, -0.1) is 11.3 Å². The minimum absolute atomic E-state index is 0.464. The minimum Gasteiger partial charge on any atom is -0.479 e. The number of ether oxygens (including phenoxy) is 1. The van der Waals surface area contributed by atoms with E-state index in [1.165, 1.54) is 5.56 Å². The monoisotopic (exact) mass is 685 g/mol. The highest BCUT2D eigenvalue weighted by Crippen LogP contribution is 2.39. The van der Waals surface area contributed by atoms with Gasteiger partial charge in [0.1, 0.15) is 17.0 Å². The van der Waals surface area contributed by atoms with E-state index in [4.69, 9.17) is 19.7 Å². The first kappa shape index (κ1) is 32.6. The number of fused-ring (bicyclic) bond motifs is 2. The minimum atomic E-state index is 0.464. The number of anilines is 6. The summed E-state index contributed by atoms with van der Waals surface area (Å²) >= 11 is 3.21. The first-order chi connectivity index (χ1) is 23.4. The van der Waals surface area contributed by atoms with Crippen molar-refractivity contribution in [2.24, 2.45) is 0 Å². The number of rotatable bonds is 10. The van der Waals surface area contributed by atoms with E-state index in [0.717, 1.165) is 103 Å². The third-order valence-corrected chi connectivity index (χ3v) is 11.1. The maximum absolute atomic E-state index is 5.87. The van der Waals surface area contributed by atoms with Crippen LogP contribution >= 0.6 is 23.3 Å². The molecule has 14 heteroatoms. The highest BCUT2D eigenvalue weighted by Gasteiger charge is 2.29. The molecule has 2 N–H and O–H groups in total. The molecule has 252 valence electrons. The van der Waals surface area contributed by atoms with Crippen molar-refractivity contribution >= 4 is 79.2 Å². The summed E-state index contributed by atoms with van der Waals surface area (Å²) in [4.78, 5) is 31.6. The molecule has 1 aromatic carbocycles. The van der Waals surface area contributed by atoms with Crippen LogP contribution in [0.4, 0.5) is 34.6 Å². The number of thiophene rings is 1. The smallest absolute Gasteiger partial charge is 0.239 e. The Bertz CT molecular complexity index is 1890. The number of piperazine rings is 1. The average Bonchev–Trinajstić information content (AvgIpc) is 3.60. The molecule has 0 aliphatic carbocycles. The number of hydrogen-bond acceptors (Lipinski definition) is 14. The number of nitrogens with zero attached hydrogens (tertiary/aromatic N) is 9. The lowest BCUT2D eigenvalue weighted by Crippen LogP contribution is -2.52. The third-order valence-electron chi connectivity index (χ3n) is 9.44. The number of piperidine rings is 1. The van der Waals surface area contributed by atoms with Crippen molar-refractivity contribution in [3.05, 3.63) is 47.6 Å². The Morgan fingerprint density at radius 2 is 1.75 bits per heavy atom. The summed E-state index contributed by atoms with van der Waals surface area (Å²) in [5.74, 6) is 2.72. The van der Waals surface area contributed by atoms with E-state index in [1.807, 2.05) is 36.9 Å². The van der Waals surface area contributed by atoms with E-state index < -0.39 is 0 Å². The molecule has 6 heterocycles. The summed E-state index contributed by atoms with van der Waals surface area (Å²) in [5, 5.41) is 9.10. The van der Waals surface area contributed by atoms with Gasteiger partial charge >= 0.3 is 0 Å². The predicted octanol–water partition coefficient (Wildman–Crippen LogP) is 6.02. The summed E-state index contributed by atoms with van der Waals surface area (Å²) < 4.78 is 8.92. The van der Waals surface area contributed by atoms with Crippen molar-refractivity contribution < 1.29 is 4.74 Å². The molecule has 0 atom stereocenters. The Morgan fingerprint density at radius 3 is 2.50 bits per heavy atom. The molecule has 0 radical (unpaired) electrons. The molecule has 4 aromatic heterocycles. The van der Waals surface area contributed by atoms with E-state index in [2.05, 4.69) is 59.6 Å². The van der Waals surface area contributed by atoms with Crippen molar-refractivity contribution in [3.8, 4) is 5.88 Å². The Labute approximate surface area is 290 Å². The second-order valence-electron chi connectivity index (χ2n) is 12.3. The Balaban J connectivity index is 1.16. The quantitative estimate of drug-likeness (QED) is 0.168. The topological polar surface area (TPSA) is 111 Å². The number of nitrogens with one attached hydrogen (secondary N) is 2. The zero-order valence-corrected chi connectivity index (χ0v) is 29.9. The van der Waals surface area contributed by atoms with Crippen molar-refractivity contribution in [1.82, 2.24) is 34.7 Å². The molecular formula is C34H43N11OS2. The second-order valence-corrected chi connectivity index (χ2v) is 14.1. The Hall–Kier alpha value is -3.98. The first-order valence-corrected chi connectivity index (χ1v) is 18.6. The van der Waals surface area contributed by atoms with Crippen LogP contribution in [0.3, 0.4) is 0 Å². The van der Waals surface area contributed by atoms with Crippen LogP contribution in [0.5, 0.6) is 5.88 Å². The molecule has 2 saturated heterocycles. The van der Waals surface area contributed by atoms with E-state index >= 15 is 0 Å². The molecule has 0 spiro atoms. The lowest BCUT2D eigenvalue weighted by atomic mass is 10.0. The van der Waals surface area contributed by atoms with E-state index in [-0.39, 0.29) is 0 Å². The fourth-order valence-corrected chi connectivity index (χ4v) is 7.87. The molecule has 12 nitrogen and oxygen atoms in total. The van der Waals surface area contributed by atoms with Crippen molar-refractivity contribution in [2.45, 2.75) is 32.2 Å². The number of benzene rings is 1. The molecule has 0 bridgehead atoms. The lowest BCUT2D eigenvalue weighted by molar-refractivity contribution is 0.0981. The average molecular weight is 686 g/mol. The van der Waals surface area contributed by atoms with Gasteiger partial charge in [0.15, 0.2) is 5.82 Å². The number of aromatic nitrogens is 5. The van der Waals surface area contributed by atoms with Crippen molar-refractivity contribution in [2.75, 3.05) is 86.6 Å². The fraction of sp³-hybridized carbons (Fsp3) is 0.441. The van der Waals surface area contributed by atoms with Crippen LogP contribution < -0.4 is 24.6 Å². The van der Waals surface area contributed by atoms with E-state index in [0.29, 0.717) is 23.7 Å². The number of hydrogen-bond donors (Lipinski definition) is 2. The lowest BCUT2D eigenvalue weighted by Gasteiger charge is -2.42. The van der Waals surface area contributed by atoms with Crippen LogP contribution in [0.1, 0.15) is 25.3 Å². The van der Waals surface area contributed by atoms with Gasteiger partial charge in [0.25, 0.3) is 0 Å². The number of pyridine rings is 1. The highest BCUT2D eigenvalue weighted by molar-refractivity contribution is 7.99. The molecule has 0 saturated carbocycles. The summed E-state index contributed by atoms with van der Waals surface area (Å²) in [5.41, 5.74) is 6.24. The molecule has 5 aromatic rings. The molecule has 0 amide bonds. The molecular weight excluding hydrogens is 643 g/mol. The number of aryl methyl sites for hydroxylation is 1. The molecule has 2 fully saturated rings. The molecule has 7 rings (SSSR count). The molecule has 2 aliphatic rings. The number of likely N-dealkylation sites (N-methyl/N-ethyl adjacent to an activating group) is 1. The predicted molar refractivity (Wildman–Crippen MR) is 200 cm³/mol. The van der Waals surface area contributed by atoms with Gasteiger partial charge in [0, 0.05) is 71.0 Å². The van der Waals surface area contributed by atoms with Crippen molar-refractivity contribution in [3.63, 3.8) is 0 Å². The van der Waals surface area contributed by atoms with Gasteiger partial charge in [-0.3, -0.25) is 14.9 Å². The summed E-state index contributed by atoms with van der Waals surface area (Å²) in [6.07, 6.45) is 8.64. The molecule has 48 heavy (non-hydrogen) atoms. The summed E-state index contributed by atoms with van der Waals surface area (Å²) in [6.45, 7) is 8.81. The standard InChI is InChI=1S/C34H43N11OS2/c1-6-22-21-27(33(46-4)41-32(22)45-14-9-23(10-15-45)44-18-16-42(2)17-19-44)39-34-38-26-11-20-48-30(26)31(40-34)37-25-8-7-24-28(36-13-12-35-24)29(25)43(3)47-5/h7-8,11-13,20-21,23H,6,9-10,14-19H2,1-5H3,(H2,37,38,39,40). The molecule has 2 aliphatic heterocycles. The first-order valence-electron chi connectivity index (χ1n) is 16.5. The van der Waals surface area contributed by atoms with Gasteiger partial charge in [-0.05, 0) is 61.5 Å². The van der Waals surface area contributed by atoms with E-state index in [1.54, 1.807) is 42.8 Å². The van der Waals surface area contributed by atoms with Gasteiger partial charge in [-0.2, -0.15) is 9.97 Å². The maximum atomic E-state index is 5.87. The normalized spacial score (nSPS) is 16.5. The summed E-state index contributed by atoms with van der Waals surface area (Å²) in [7, 11) is 5.91. The van der Waals surface area contributed by atoms with Crippen LogP contribution in [0.25, 0.3) is 21.3 Å². The van der Waals surface area contributed by atoms with Gasteiger partial charge in [0.05, 0.1) is 34.2 Å². The fourth-order valence-electron chi connectivity index (χ4n) is 6.72. The zero-order valence-electron chi connectivity index (χ0n) is 28.2. The van der Waals surface area contributed by atoms with Gasteiger partial charge in [-0.25, -0.2) is 4.98 Å². The van der Waals surface area contributed by atoms with E-state index in [9.17, 15) is 0 Å². The van der Waals surface area contributed by atoms with Crippen LogP contribution in [0.2, 0.25) is 0 Å². The number of methoxy groups -OCH3 is 1. The Kier molecular flexibility index (Phi) is 9.66. The Morgan fingerprint density at radius 1 is 0.958 bits per heavy atom. The SMILES string of the molecule is CCc1cc(Nc2nc(Nc3ccc4nccnc4c3N(C)SC)c3sccc3n2)c(OC)nc1N1CCC(N2CCN(C)CC2)CC1. The highest BCUT2D eigenvalue weighted by atomic mass is 32.2. The van der Waals surface area contributed by atoms with Gasteiger partial charge in [-0.1, -0.05) is 18.9 Å². The van der Waals surface area contributed by atoms with Gasteiger partial charge in [0.2, 0.25) is 11.8 Å². The largest absolute Gasteiger partial charge is 0.479 e. The van der Waals surface area contributed by atoms with Crippen LogP contribution in [-0.4, -0.2) is 107 Å². The maximum Gasteiger partial charge on any atom is 0.239 e. The van der Waals surface area contributed by atoms with Gasteiger partial charge < -0.3 is 29.5 Å². The third kappa shape index (κ3) is 6.53. The summed E-state index contributed by atoms with van der Waals surface area (Å²) in [6, 6.07) is 8.82. The van der Waals surface area contributed by atoms with Crippen molar-refractivity contribution in [1.29, 1.82) is 0 Å².